The molecule has 0 radical (unpaired) electrons. The second kappa shape index (κ2) is 5.15. The number of rotatable bonds is 3. The number of anilines is 1. The van der Waals surface area contributed by atoms with Crippen LogP contribution in [0.3, 0.4) is 0 Å². The topological polar surface area (TPSA) is 83.7 Å². The normalized spacial score (nSPS) is 21.9. The molecule has 0 spiro atoms. The first-order valence-corrected chi connectivity index (χ1v) is 6.38. The maximum absolute atomic E-state index is 12.7. The van der Waals surface area contributed by atoms with E-state index in [1.54, 1.807) is 0 Å². The molecule has 0 aliphatic carbocycles. The van der Waals surface area contributed by atoms with Gasteiger partial charge in [-0.2, -0.15) is 13.2 Å². The third kappa shape index (κ3) is 2.83. The van der Waals surface area contributed by atoms with Crippen LogP contribution in [0.25, 0.3) is 0 Å². The predicted octanol–water partition coefficient (Wildman–Crippen LogP) is 2.91. The van der Waals surface area contributed by atoms with Crippen LogP contribution in [0, 0.1) is 15.5 Å². The lowest BCUT2D eigenvalue weighted by molar-refractivity contribution is -0.384. The third-order valence-electron chi connectivity index (χ3n) is 3.83. The number of carbonyl (C=O) groups is 1. The lowest BCUT2D eigenvalue weighted by Crippen LogP contribution is -2.31. The first-order chi connectivity index (χ1) is 10.0. The third-order valence-corrected chi connectivity index (χ3v) is 3.83. The van der Waals surface area contributed by atoms with Gasteiger partial charge in [0.05, 0.1) is 15.9 Å². The molecule has 1 fully saturated rings. The van der Waals surface area contributed by atoms with Crippen molar-refractivity contribution in [1.29, 1.82) is 0 Å². The van der Waals surface area contributed by atoms with Crippen molar-refractivity contribution in [3.8, 4) is 0 Å². The summed E-state index contributed by atoms with van der Waals surface area (Å²) in [6, 6.07) is 2.26. The van der Waals surface area contributed by atoms with E-state index in [1.807, 2.05) is 0 Å². The van der Waals surface area contributed by atoms with Gasteiger partial charge in [0, 0.05) is 19.2 Å². The molecule has 6 nitrogen and oxygen atoms in total. The number of nitro groups is 1. The van der Waals surface area contributed by atoms with Gasteiger partial charge in [-0.05, 0) is 25.5 Å². The molecule has 1 unspecified atom stereocenters. The van der Waals surface area contributed by atoms with Crippen molar-refractivity contribution >= 4 is 17.3 Å². The highest BCUT2D eigenvalue weighted by Crippen LogP contribution is 2.40. The van der Waals surface area contributed by atoms with Crippen LogP contribution in [0.15, 0.2) is 18.2 Å². The number of aliphatic carboxylic acids is 1. The first-order valence-electron chi connectivity index (χ1n) is 6.38. The number of hydrogen-bond donors (Lipinski definition) is 1. The molecule has 1 aromatic rings. The van der Waals surface area contributed by atoms with E-state index in [9.17, 15) is 28.1 Å². The summed E-state index contributed by atoms with van der Waals surface area (Å²) in [5.41, 5.74) is -2.85. The zero-order valence-corrected chi connectivity index (χ0v) is 11.6. The van der Waals surface area contributed by atoms with E-state index < -0.39 is 33.7 Å². The zero-order valence-electron chi connectivity index (χ0n) is 11.6. The highest BCUT2D eigenvalue weighted by molar-refractivity contribution is 5.77. The van der Waals surface area contributed by atoms with E-state index in [0.29, 0.717) is 6.07 Å². The minimum Gasteiger partial charge on any atom is -0.481 e. The molecule has 1 aliphatic rings. The molecule has 1 heterocycles. The summed E-state index contributed by atoms with van der Waals surface area (Å²) in [5.74, 6) is -1.04. The van der Waals surface area contributed by atoms with Gasteiger partial charge in [-0.3, -0.25) is 14.9 Å². The Balaban J connectivity index is 2.40. The largest absolute Gasteiger partial charge is 0.481 e. The average molecular weight is 318 g/mol. The molecular weight excluding hydrogens is 305 g/mol. The Bertz CT molecular complexity index is 632. The minimum atomic E-state index is -4.68. The summed E-state index contributed by atoms with van der Waals surface area (Å²) >= 11 is 0. The average Bonchev–Trinajstić information content (AvgIpc) is 2.81. The van der Waals surface area contributed by atoms with Gasteiger partial charge >= 0.3 is 12.1 Å². The zero-order chi connectivity index (χ0) is 16.7. The highest BCUT2D eigenvalue weighted by atomic mass is 19.4. The van der Waals surface area contributed by atoms with Crippen molar-refractivity contribution in [1.82, 2.24) is 0 Å². The lowest BCUT2D eigenvalue weighted by Gasteiger charge is -2.22. The summed E-state index contributed by atoms with van der Waals surface area (Å²) < 4.78 is 38.0. The standard InChI is InChI=1S/C13H13F3N2O4/c1-12(11(19)20)4-5-17(7-12)9-3-2-8(13(14,15)16)6-10(9)18(21)22/h2-3,6H,4-5,7H2,1H3,(H,19,20). The van der Waals surface area contributed by atoms with Gasteiger partial charge in [-0.15, -0.1) is 0 Å². The molecule has 0 aromatic heterocycles. The Morgan fingerprint density at radius 1 is 1.45 bits per heavy atom. The van der Waals surface area contributed by atoms with Gasteiger partial charge in [0.1, 0.15) is 5.69 Å². The lowest BCUT2D eigenvalue weighted by atomic mass is 9.90. The number of carboxylic acids is 1. The van der Waals surface area contributed by atoms with Crippen LogP contribution >= 0.6 is 0 Å². The van der Waals surface area contributed by atoms with Crippen LogP contribution in [-0.2, 0) is 11.0 Å². The van der Waals surface area contributed by atoms with Gasteiger partial charge in [-0.1, -0.05) is 0 Å². The summed E-state index contributed by atoms with van der Waals surface area (Å²) in [5, 5.41) is 20.2. The second-order valence-electron chi connectivity index (χ2n) is 5.50. The molecule has 1 aromatic carbocycles. The maximum Gasteiger partial charge on any atom is 0.416 e. The molecule has 1 saturated heterocycles. The Kier molecular flexibility index (Phi) is 3.76. The molecule has 120 valence electrons. The fourth-order valence-electron chi connectivity index (χ4n) is 2.45. The number of nitro benzene ring substituents is 1. The monoisotopic (exact) mass is 318 g/mol. The number of nitrogens with zero attached hydrogens (tertiary/aromatic N) is 2. The molecule has 1 atom stereocenters. The number of carboxylic acid groups (broad SMARTS) is 1. The number of benzene rings is 1. The quantitative estimate of drug-likeness (QED) is 0.684. The summed E-state index contributed by atoms with van der Waals surface area (Å²) in [6.45, 7) is 1.74. The van der Waals surface area contributed by atoms with Crippen LogP contribution in [0.2, 0.25) is 0 Å². The molecule has 9 heteroatoms. The van der Waals surface area contributed by atoms with Gasteiger partial charge in [0.2, 0.25) is 0 Å². The molecule has 22 heavy (non-hydrogen) atoms. The van der Waals surface area contributed by atoms with Crippen LogP contribution in [-0.4, -0.2) is 29.1 Å². The molecule has 2 rings (SSSR count). The SMILES string of the molecule is CC1(C(=O)O)CCN(c2ccc(C(F)(F)F)cc2[N+](=O)[O-])C1. The molecule has 0 amide bonds. The van der Waals surface area contributed by atoms with E-state index in [0.717, 1.165) is 12.1 Å². The molecule has 1 N–H and O–H groups in total. The van der Waals surface area contributed by atoms with E-state index >= 15 is 0 Å². The number of hydrogen-bond acceptors (Lipinski definition) is 4. The van der Waals surface area contributed by atoms with E-state index in [-0.39, 0.29) is 25.2 Å². The van der Waals surface area contributed by atoms with Crippen LogP contribution < -0.4 is 4.90 Å². The minimum absolute atomic E-state index is 0.00275. The molecule has 0 saturated carbocycles. The van der Waals surface area contributed by atoms with Crippen molar-refractivity contribution in [2.75, 3.05) is 18.0 Å². The molecular formula is C13H13F3N2O4. The first kappa shape index (κ1) is 16.1. The van der Waals surface area contributed by atoms with Crippen molar-refractivity contribution in [3.05, 3.63) is 33.9 Å². The number of halogens is 3. The van der Waals surface area contributed by atoms with Crippen molar-refractivity contribution in [2.45, 2.75) is 19.5 Å². The van der Waals surface area contributed by atoms with Gasteiger partial charge in [0.25, 0.3) is 5.69 Å². The van der Waals surface area contributed by atoms with Crippen molar-refractivity contribution in [3.63, 3.8) is 0 Å². The molecule has 0 bridgehead atoms. The van der Waals surface area contributed by atoms with Crippen molar-refractivity contribution < 1.29 is 28.0 Å². The summed E-state index contributed by atoms with van der Waals surface area (Å²) in [4.78, 5) is 22.8. The van der Waals surface area contributed by atoms with E-state index in [4.69, 9.17) is 5.11 Å². The van der Waals surface area contributed by atoms with Gasteiger partial charge in [0.15, 0.2) is 0 Å². The summed E-state index contributed by atoms with van der Waals surface area (Å²) in [6.07, 6.45) is -4.41. The highest BCUT2D eigenvalue weighted by Gasteiger charge is 2.42. The Hall–Kier alpha value is -2.32. The second-order valence-corrected chi connectivity index (χ2v) is 5.50. The fourth-order valence-corrected chi connectivity index (χ4v) is 2.45. The van der Waals surface area contributed by atoms with Crippen LogP contribution in [0.1, 0.15) is 18.9 Å². The summed E-state index contributed by atoms with van der Waals surface area (Å²) in [7, 11) is 0. The van der Waals surface area contributed by atoms with Crippen LogP contribution in [0.4, 0.5) is 24.5 Å². The predicted molar refractivity (Wildman–Crippen MR) is 70.7 cm³/mol. The smallest absolute Gasteiger partial charge is 0.416 e. The molecule has 1 aliphatic heterocycles. The fraction of sp³-hybridized carbons (Fsp3) is 0.462. The Morgan fingerprint density at radius 3 is 2.55 bits per heavy atom. The van der Waals surface area contributed by atoms with E-state index in [2.05, 4.69) is 0 Å². The van der Waals surface area contributed by atoms with Crippen molar-refractivity contribution in [2.24, 2.45) is 5.41 Å². The Morgan fingerprint density at radius 2 is 2.09 bits per heavy atom. The maximum atomic E-state index is 12.7. The number of alkyl halides is 3. The van der Waals surface area contributed by atoms with Gasteiger partial charge in [-0.25, -0.2) is 0 Å². The van der Waals surface area contributed by atoms with Crippen LogP contribution in [0.5, 0.6) is 0 Å². The van der Waals surface area contributed by atoms with Gasteiger partial charge < -0.3 is 10.0 Å². The van der Waals surface area contributed by atoms with E-state index in [1.165, 1.54) is 11.8 Å². The Labute approximate surface area is 123 Å².